The molecule has 4 N–H and O–H groups in total. The highest BCUT2D eigenvalue weighted by Crippen LogP contribution is 2.31. The first-order valence-electron chi connectivity index (χ1n) is 9.93. The second-order valence-corrected chi connectivity index (χ2v) is 8.31. The minimum absolute atomic E-state index is 0.0112. The highest BCUT2D eigenvalue weighted by molar-refractivity contribution is 8.14. The number of anilines is 1. The maximum Gasteiger partial charge on any atom is 0.230 e. The van der Waals surface area contributed by atoms with Crippen LogP contribution in [0.4, 0.5) is 5.69 Å². The largest absolute Gasteiger partial charge is 0.353 e. The van der Waals surface area contributed by atoms with Crippen molar-refractivity contribution in [3.8, 4) is 0 Å². The van der Waals surface area contributed by atoms with Gasteiger partial charge in [0.25, 0.3) is 0 Å². The maximum absolute atomic E-state index is 12.3. The molecule has 1 aromatic carbocycles. The normalized spacial score (nSPS) is 25.3. The van der Waals surface area contributed by atoms with E-state index < -0.39 is 0 Å². The topological polar surface area (TPSA) is 92.6 Å². The first kappa shape index (κ1) is 20.8. The summed E-state index contributed by atoms with van der Waals surface area (Å²) in [4.78, 5) is 19.0. The number of thioether (sulfide) groups is 1. The van der Waals surface area contributed by atoms with E-state index in [-0.39, 0.29) is 35.8 Å². The number of amidine groups is 2. The fourth-order valence-corrected chi connectivity index (χ4v) is 4.24. The van der Waals surface area contributed by atoms with Crippen molar-refractivity contribution < 1.29 is 4.79 Å². The van der Waals surface area contributed by atoms with E-state index >= 15 is 0 Å². The molecule has 0 spiro atoms. The number of rotatable bonds is 6. The van der Waals surface area contributed by atoms with Crippen LogP contribution in [0.2, 0.25) is 0 Å². The molecule has 0 aliphatic carbocycles. The number of aliphatic imine (C=N–C) groups is 1. The molecule has 0 saturated carbocycles. The van der Waals surface area contributed by atoms with Crippen LogP contribution in [-0.2, 0) is 11.2 Å². The van der Waals surface area contributed by atoms with Gasteiger partial charge < -0.3 is 5.32 Å². The van der Waals surface area contributed by atoms with Gasteiger partial charge in [-0.1, -0.05) is 37.7 Å². The van der Waals surface area contributed by atoms with Gasteiger partial charge in [-0.25, -0.2) is 10.4 Å². The molecule has 7 nitrogen and oxygen atoms in total. The Morgan fingerprint density at radius 2 is 2.04 bits per heavy atom. The number of amides is 1. The third-order valence-corrected chi connectivity index (χ3v) is 6.24. The van der Waals surface area contributed by atoms with Crippen LogP contribution in [0, 0.1) is 11.3 Å². The number of carbonyl (C=O) groups is 1. The zero-order valence-corrected chi connectivity index (χ0v) is 17.8. The van der Waals surface area contributed by atoms with Crippen LogP contribution in [0.15, 0.2) is 29.3 Å². The van der Waals surface area contributed by atoms with E-state index in [4.69, 9.17) is 10.4 Å². The van der Waals surface area contributed by atoms with Crippen molar-refractivity contribution in [3.05, 3.63) is 29.8 Å². The Morgan fingerprint density at radius 3 is 2.68 bits per heavy atom. The molecule has 2 heterocycles. The quantitative estimate of drug-likeness (QED) is 0.587. The van der Waals surface area contributed by atoms with Crippen molar-refractivity contribution in [2.24, 2.45) is 10.9 Å². The van der Waals surface area contributed by atoms with Gasteiger partial charge in [-0.05, 0) is 44.4 Å². The third kappa shape index (κ3) is 4.39. The van der Waals surface area contributed by atoms with Gasteiger partial charge in [0, 0.05) is 17.8 Å². The summed E-state index contributed by atoms with van der Waals surface area (Å²) < 4.78 is 0. The van der Waals surface area contributed by atoms with Crippen molar-refractivity contribution in [1.29, 1.82) is 5.41 Å². The summed E-state index contributed by atoms with van der Waals surface area (Å²) in [5.74, 6) is 0.714. The maximum atomic E-state index is 12.3. The summed E-state index contributed by atoms with van der Waals surface area (Å²) in [5, 5.41) is 12.5. The van der Waals surface area contributed by atoms with E-state index in [1.165, 1.54) is 17.3 Å². The van der Waals surface area contributed by atoms with Gasteiger partial charge in [-0.2, -0.15) is 0 Å². The standard InChI is InChI=1S/C20H30N6OS/c1-5-12(3)22-16(27)11-28-20-23-19-17(13(4)24-25-19)18(21)26(20)15-9-7-14(6-2)8-10-15/h7-10,12-13,17,19,21,24-25H,5-6,11H2,1-4H3,(H,22,27). The van der Waals surface area contributed by atoms with E-state index in [2.05, 4.69) is 42.1 Å². The summed E-state index contributed by atoms with van der Waals surface area (Å²) >= 11 is 1.38. The Kier molecular flexibility index (Phi) is 6.74. The number of carbonyl (C=O) groups excluding carboxylic acids is 1. The average molecular weight is 403 g/mol. The zero-order chi connectivity index (χ0) is 20.3. The Balaban J connectivity index is 1.83. The van der Waals surface area contributed by atoms with Gasteiger partial charge in [0.05, 0.1) is 11.7 Å². The van der Waals surface area contributed by atoms with Crippen LogP contribution >= 0.6 is 11.8 Å². The van der Waals surface area contributed by atoms with E-state index in [0.29, 0.717) is 11.0 Å². The molecule has 0 aromatic heterocycles. The summed E-state index contributed by atoms with van der Waals surface area (Å²) in [7, 11) is 0. The summed E-state index contributed by atoms with van der Waals surface area (Å²) in [5.41, 5.74) is 8.52. The fraction of sp³-hybridized carbons (Fsp3) is 0.550. The number of hydrogen-bond acceptors (Lipinski definition) is 6. The molecule has 1 saturated heterocycles. The van der Waals surface area contributed by atoms with Crippen LogP contribution < -0.4 is 21.1 Å². The summed E-state index contributed by atoms with van der Waals surface area (Å²) in [6.45, 7) is 8.22. The lowest BCUT2D eigenvalue weighted by Crippen LogP contribution is -2.50. The molecule has 2 aliphatic rings. The molecule has 8 heteroatoms. The molecule has 28 heavy (non-hydrogen) atoms. The van der Waals surface area contributed by atoms with Crippen LogP contribution in [0.1, 0.15) is 39.7 Å². The number of nitrogens with one attached hydrogen (secondary N) is 4. The van der Waals surface area contributed by atoms with E-state index in [1.54, 1.807) is 0 Å². The Morgan fingerprint density at radius 1 is 1.32 bits per heavy atom. The lowest BCUT2D eigenvalue weighted by Gasteiger charge is -2.36. The second kappa shape index (κ2) is 9.07. The molecular weight excluding hydrogens is 372 g/mol. The molecule has 4 atom stereocenters. The SMILES string of the molecule is CCc1ccc(N2C(=N)C3C(C)NNC3N=C2SCC(=O)NC(C)CC)cc1. The number of nitrogens with zero attached hydrogens (tertiary/aromatic N) is 2. The Bertz CT molecular complexity index is 750. The molecular formula is C20H30N6OS. The van der Waals surface area contributed by atoms with E-state index in [1.807, 2.05) is 30.9 Å². The predicted molar refractivity (Wildman–Crippen MR) is 117 cm³/mol. The van der Waals surface area contributed by atoms with Gasteiger partial charge >= 0.3 is 0 Å². The third-order valence-electron chi connectivity index (χ3n) is 5.29. The van der Waals surface area contributed by atoms with Gasteiger partial charge in [0.1, 0.15) is 12.0 Å². The van der Waals surface area contributed by atoms with Gasteiger partial charge in [0.15, 0.2) is 5.17 Å². The summed E-state index contributed by atoms with van der Waals surface area (Å²) in [6, 6.07) is 8.50. The van der Waals surface area contributed by atoms with Crippen molar-refractivity contribution >= 4 is 34.4 Å². The number of hydrazine groups is 1. The highest BCUT2D eigenvalue weighted by Gasteiger charge is 2.43. The molecule has 1 fully saturated rings. The minimum atomic E-state index is -0.186. The van der Waals surface area contributed by atoms with E-state index in [0.717, 1.165) is 18.5 Å². The Labute approximate surface area is 171 Å². The van der Waals surface area contributed by atoms with E-state index in [9.17, 15) is 4.79 Å². The molecule has 0 radical (unpaired) electrons. The predicted octanol–water partition coefficient (Wildman–Crippen LogP) is 2.49. The molecule has 4 unspecified atom stereocenters. The first-order valence-corrected chi connectivity index (χ1v) is 10.9. The second-order valence-electron chi connectivity index (χ2n) is 7.37. The number of benzene rings is 1. The lowest BCUT2D eigenvalue weighted by molar-refractivity contribution is -0.119. The summed E-state index contributed by atoms with van der Waals surface area (Å²) in [6.07, 6.45) is 1.68. The molecule has 1 amide bonds. The van der Waals surface area contributed by atoms with Crippen molar-refractivity contribution in [3.63, 3.8) is 0 Å². The van der Waals surface area contributed by atoms with Crippen molar-refractivity contribution in [2.75, 3.05) is 10.7 Å². The van der Waals surface area contributed by atoms with Crippen molar-refractivity contribution in [1.82, 2.24) is 16.2 Å². The Hall–Kier alpha value is -1.90. The van der Waals surface area contributed by atoms with Crippen LogP contribution in [-0.4, -0.2) is 40.9 Å². The number of hydrogen-bond donors (Lipinski definition) is 4. The van der Waals surface area contributed by atoms with Crippen molar-refractivity contribution in [2.45, 2.75) is 58.8 Å². The molecule has 152 valence electrons. The monoisotopic (exact) mass is 402 g/mol. The molecule has 3 rings (SSSR count). The highest BCUT2D eigenvalue weighted by atomic mass is 32.2. The number of aryl methyl sites for hydroxylation is 1. The van der Waals surface area contributed by atoms with Crippen LogP contribution in [0.25, 0.3) is 0 Å². The molecule has 1 aromatic rings. The lowest BCUT2D eigenvalue weighted by atomic mass is 9.97. The minimum Gasteiger partial charge on any atom is -0.353 e. The zero-order valence-electron chi connectivity index (χ0n) is 17.0. The fourth-order valence-electron chi connectivity index (χ4n) is 3.38. The first-order chi connectivity index (χ1) is 13.4. The molecule has 2 aliphatic heterocycles. The smallest absolute Gasteiger partial charge is 0.230 e. The number of fused-ring (bicyclic) bond motifs is 1. The van der Waals surface area contributed by atoms with Gasteiger partial charge in [-0.3, -0.25) is 20.5 Å². The molecule has 0 bridgehead atoms. The van der Waals surface area contributed by atoms with Gasteiger partial charge in [-0.15, -0.1) is 0 Å². The van der Waals surface area contributed by atoms with Crippen LogP contribution in [0.3, 0.4) is 0 Å². The van der Waals surface area contributed by atoms with Gasteiger partial charge in [0.2, 0.25) is 5.91 Å². The average Bonchev–Trinajstić information content (AvgIpc) is 3.07. The van der Waals surface area contributed by atoms with Crippen LogP contribution in [0.5, 0.6) is 0 Å².